The Hall–Kier alpha value is -2.87. The highest BCUT2D eigenvalue weighted by Crippen LogP contribution is 2.19. The van der Waals surface area contributed by atoms with Gasteiger partial charge in [-0.25, -0.2) is 4.98 Å². The summed E-state index contributed by atoms with van der Waals surface area (Å²) in [6, 6.07) is 3.54. The second kappa shape index (κ2) is 5.41. The van der Waals surface area contributed by atoms with Gasteiger partial charge in [-0.15, -0.1) is 0 Å². The van der Waals surface area contributed by atoms with Crippen LogP contribution in [0.25, 0.3) is 0 Å². The number of H-pyrrole nitrogens is 1. The van der Waals surface area contributed by atoms with Crippen molar-refractivity contribution in [2.24, 2.45) is 5.92 Å². The number of hydrogen-bond acceptors (Lipinski definition) is 5. The lowest BCUT2D eigenvalue weighted by Gasteiger charge is -2.27. The average Bonchev–Trinajstić information content (AvgIpc) is 2.83. The van der Waals surface area contributed by atoms with Crippen molar-refractivity contribution in [1.29, 1.82) is 10.5 Å². The van der Waals surface area contributed by atoms with Crippen molar-refractivity contribution in [2.45, 2.75) is 12.8 Å². The lowest BCUT2D eigenvalue weighted by molar-refractivity contribution is -0.137. The molecule has 2 rings (SSSR count). The Kier molecular flexibility index (Phi) is 3.67. The normalized spacial score (nSPS) is 18.2. The summed E-state index contributed by atoms with van der Waals surface area (Å²) >= 11 is 0. The fourth-order valence-corrected chi connectivity index (χ4v) is 1.98. The van der Waals surface area contributed by atoms with Crippen LogP contribution in [0.4, 0.5) is 5.95 Å². The Morgan fingerprint density at radius 3 is 2.80 bits per heavy atom. The molecule has 0 spiro atoms. The number of rotatable bonds is 2. The van der Waals surface area contributed by atoms with Gasteiger partial charge in [-0.05, 0) is 6.42 Å². The van der Waals surface area contributed by atoms with Gasteiger partial charge in [0.25, 0.3) is 0 Å². The van der Waals surface area contributed by atoms with E-state index in [0.29, 0.717) is 13.0 Å². The number of carbonyl (C=O) groups excluding carboxylic acids is 2. The first-order valence-electron chi connectivity index (χ1n) is 6.00. The van der Waals surface area contributed by atoms with Crippen molar-refractivity contribution in [3.8, 4) is 12.1 Å². The average molecular weight is 272 g/mol. The third kappa shape index (κ3) is 2.59. The van der Waals surface area contributed by atoms with Gasteiger partial charge in [-0.3, -0.25) is 14.9 Å². The van der Waals surface area contributed by atoms with Crippen LogP contribution in [0.2, 0.25) is 0 Å². The number of nitriles is 2. The van der Waals surface area contributed by atoms with E-state index in [1.54, 1.807) is 24.1 Å². The zero-order chi connectivity index (χ0) is 14.7. The van der Waals surface area contributed by atoms with Gasteiger partial charge in [0, 0.05) is 25.9 Å². The summed E-state index contributed by atoms with van der Waals surface area (Å²) < 4.78 is 0. The van der Waals surface area contributed by atoms with E-state index in [4.69, 9.17) is 10.5 Å². The SMILES string of the molecule is CN1CCC(C(=O)Nc2nc(C#N)c(C#N)[nH]2)CC1=O. The molecule has 0 bridgehead atoms. The van der Waals surface area contributed by atoms with E-state index in [9.17, 15) is 9.59 Å². The van der Waals surface area contributed by atoms with Gasteiger partial charge in [0.05, 0.1) is 0 Å². The number of anilines is 1. The van der Waals surface area contributed by atoms with Crippen molar-refractivity contribution in [3.05, 3.63) is 11.4 Å². The summed E-state index contributed by atoms with van der Waals surface area (Å²) in [6.07, 6.45) is 0.726. The third-order valence-electron chi connectivity index (χ3n) is 3.19. The Bertz CT molecular complexity index is 604. The van der Waals surface area contributed by atoms with Crippen LogP contribution in [-0.2, 0) is 9.59 Å². The van der Waals surface area contributed by atoms with Crippen LogP contribution in [0, 0.1) is 28.6 Å². The molecule has 2 amide bonds. The van der Waals surface area contributed by atoms with Gasteiger partial charge < -0.3 is 9.88 Å². The van der Waals surface area contributed by atoms with E-state index in [-0.39, 0.29) is 35.6 Å². The minimum atomic E-state index is -0.417. The predicted octanol–water partition coefficient (Wildman–Crippen LogP) is -0.0400. The van der Waals surface area contributed by atoms with Crippen molar-refractivity contribution in [3.63, 3.8) is 0 Å². The number of aromatic amines is 1. The highest BCUT2D eigenvalue weighted by atomic mass is 16.2. The van der Waals surface area contributed by atoms with Gasteiger partial charge >= 0.3 is 0 Å². The van der Waals surface area contributed by atoms with Crippen molar-refractivity contribution in [1.82, 2.24) is 14.9 Å². The topological polar surface area (TPSA) is 126 Å². The molecule has 1 aliphatic heterocycles. The molecule has 0 aliphatic carbocycles. The van der Waals surface area contributed by atoms with E-state index in [1.807, 2.05) is 0 Å². The fraction of sp³-hybridized carbons (Fsp3) is 0.417. The number of hydrogen-bond donors (Lipinski definition) is 2. The first kappa shape index (κ1) is 13.6. The number of carbonyl (C=O) groups is 2. The van der Waals surface area contributed by atoms with Crippen LogP contribution >= 0.6 is 0 Å². The second-order valence-corrected chi connectivity index (χ2v) is 4.53. The Morgan fingerprint density at radius 2 is 2.25 bits per heavy atom. The number of aromatic nitrogens is 2. The molecule has 0 aromatic carbocycles. The van der Waals surface area contributed by atoms with E-state index >= 15 is 0 Å². The van der Waals surface area contributed by atoms with Crippen LogP contribution in [0.3, 0.4) is 0 Å². The lowest BCUT2D eigenvalue weighted by atomic mass is 9.96. The van der Waals surface area contributed by atoms with Crippen LogP contribution in [-0.4, -0.2) is 40.3 Å². The number of imidazole rings is 1. The van der Waals surface area contributed by atoms with Gasteiger partial charge in [0.1, 0.15) is 12.1 Å². The highest BCUT2D eigenvalue weighted by molar-refractivity contribution is 5.94. The lowest BCUT2D eigenvalue weighted by Crippen LogP contribution is -2.40. The molecule has 1 aromatic heterocycles. The molecule has 8 nitrogen and oxygen atoms in total. The van der Waals surface area contributed by atoms with Crippen molar-refractivity contribution >= 4 is 17.8 Å². The smallest absolute Gasteiger partial charge is 0.230 e. The molecule has 1 aliphatic rings. The number of likely N-dealkylation sites (tertiary alicyclic amines) is 1. The van der Waals surface area contributed by atoms with E-state index in [2.05, 4.69) is 15.3 Å². The van der Waals surface area contributed by atoms with Crippen LogP contribution in [0.1, 0.15) is 24.2 Å². The number of piperidine rings is 1. The molecule has 1 atom stereocenters. The molecule has 102 valence electrons. The molecule has 2 N–H and O–H groups in total. The summed E-state index contributed by atoms with van der Waals surface area (Å²) in [4.78, 5) is 31.5. The molecule has 1 aromatic rings. The molecule has 1 saturated heterocycles. The zero-order valence-electron chi connectivity index (χ0n) is 10.8. The van der Waals surface area contributed by atoms with Crippen LogP contribution in [0.5, 0.6) is 0 Å². The zero-order valence-corrected chi connectivity index (χ0v) is 10.8. The van der Waals surface area contributed by atoms with Gasteiger partial charge in [-0.1, -0.05) is 0 Å². The Labute approximate surface area is 115 Å². The molecule has 20 heavy (non-hydrogen) atoms. The Morgan fingerprint density at radius 1 is 1.50 bits per heavy atom. The molecule has 1 unspecified atom stereocenters. The molecule has 0 radical (unpaired) electrons. The number of amides is 2. The maximum atomic E-state index is 12.0. The van der Waals surface area contributed by atoms with E-state index in [1.165, 1.54) is 0 Å². The number of nitrogens with zero attached hydrogens (tertiary/aromatic N) is 4. The second-order valence-electron chi connectivity index (χ2n) is 4.53. The first-order chi connectivity index (χ1) is 9.55. The van der Waals surface area contributed by atoms with Crippen LogP contribution in [0.15, 0.2) is 0 Å². The monoisotopic (exact) mass is 272 g/mol. The molecule has 2 heterocycles. The maximum Gasteiger partial charge on any atom is 0.230 e. The van der Waals surface area contributed by atoms with E-state index in [0.717, 1.165) is 0 Å². The number of nitrogens with one attached hydrogen (secondary N) is 2. The van der Waals surface area contributed by atoms with Gasteiger partial charge in [0.2, 0.25) is 17.8 Å². The highest BCUT2D eigenvalue weighted by Gasteiger charge is 2.29. The Balaban J connectivity index is 2.05. The standard InChI is InChI=1S/C12H12N6O2/c1-18-3-2-7(4-10(18)19)11(20)17-12-15-8(5-13)9(6-14)16-12/h7H,2-4H2,1H3,(H2,15,16,17,20). The minimum Gasteiger partial charge on any atom is -0.346 e. The van der Waals surface area contributed by atoms with Gasteiger partial charge in [0.15, 0.2) is 11.4 Å². The first-order valence-corrected chi connectivity index (χ1v) is 6.00. The molecule has 1 fully saturated rings. The van der Waals surface area contributed by atoms with Crippen LogP contribution < -0.4 is 5.32 Å². The van der Waals surface area contributed by atoms with Gasteiger partial charge in [-0.2, -0.15) is 10.5 Å². The minimum absolute atomic E-state index is 0.00209. The molecule has 0 saturated carbocycles. The molecule has 8 heteroatoms. The summed E-state index contributed by atoms with van der Waals surface area (Å²) in [5.74, 6) is -0.783. The largest absolute Gasteiger partial charge is 0.346 e. The fourth-order valence-electron chi connectivity index (χ4n) is 1.98. The quantitative estimate of drug-likeness (QED) is 0.781. The maximum absolute atomic E-state index is 12.0. The summed E-state index contributed by atoms with van der Waals surface area (Å²) in [5.41, 5.74) is -0.0653. The third-order valence-corrected chi connectivity index (χ3v) is 3.19. The molecular formula is C12H12N6O2. The van der Waals surface area contributed by atoms with Crippen molar-refractivity contribution < 1.29 is 9.59 Å². The van der Waals surface area contributed by atoms with Crippen molar-refractivity contribution in [2.75, 3.05) is 18.9 Å². The summed E-state index contributed by atoms with van der Waals surface area (Å²) in [6.45, 7) is 0.530. The summed E-state index contributed by atoms with van der Waals surface area (Å²) in [5, 5.41) is 20.0. The predicted molar refractivity (Wildman–Crippen MR) is 67.0 cm³/mol. The molecular weight excluding hydrogens is 260 g/mol. The van der Waals surface area contributed by atoms with E-state index < -0.39 is 5.92 Å². The summed E-state index contributed by atoms with van der Waals surface area (Å²) in [7, 11) is 1.70.